The minimum Gasteiger partial charge on any atom is -0.372 e. The average Bonchev–Trinajstić information content (AvgIpc) is 2.09. The summed E-state index contributed by atoms with van der Waals surface area (Å²) in [7, 11) is 1.86. The zero-order valence-corrected chi connectivity index (χ0v) is 9.94. The van der Waals surface area contributed by atoms with Gasteiger partial charge in [-0.25, -0.2) is 9.97 Å². The van der Waals surface area contributed by atoms with Crippen LogP contribution in [0.3, 0.4) is 0 Å². The predicted molar refractivity (Wildman–Crippen MR) is 58.1 cm³/mol. The molecule has 0 atom stereocenters. The lowest BCUT2D eigenvalue weighted by Crippen LogP contribution is -2.04. The second kappa shape index (κ2) is 4.05. The molecule has 0 amide bonds. The van der Waals surface area contributed by atoms with Gasteiger partial charge in [0.1, 0.15) is 11.6 Å². The molecule has 0 saturated heterocycles. The number of nitrogens with one attached hydrogen (secondary N) is 1. The van der Waals surface area contributed by atoms with Crippen LogP contribution in [0.2, 0.25) is 0 Å². The fourth-order valence-corrected chi connectivity index (χ4v) is 1.38. The Hall–Kier alpha value is -0.640. The molecule has 1 aromatic rings. The van der Waals surface area contributed by atoms with E-state index in [1.807, 2.05) is 14.0 Å². The molecule has 0 bridgehead atoms. The maximum atomic E-state index is 4.38. The molecule has 0 aliphatic rings. The molecule has 0 spiro atoms. The molecule has 0 aliphatic carbocycles. The monoisotopic (exact) mass is 243 g/mol. The molecule has 0 radical (unpaired) electrons. The van der Waals surface area contributed by atoms with Crippen LogP contribution in [0.25, 0.3) is 0 Å². The summed E-state index contributed by atoms with van der Waals surface area (Å²) in [4.78, 5) is 8.76. The van der Waals surface area contributed by atoms with E-state index < -0.39 is 0 Å². The molecule has 13 heavy (non-hydrogen) atoms. The maximum absolute atomic E-state index is 4.38. The maximum Gasteiger partial charge on any atom is 0.144 e. The summed E-state index contributed by atoms with van der Waals surface area (Å²) in [6, 6.07) is 0. The van der Waals surface area contributed by atoms with Gasteiger partial charge in [-0.2, -0.15) is 0 Å². The van der Waals surface area contributed by atoms with Crippen molar-refractivity contribution in [2.24, 2.45) is 0 Å². The van der Waals surface area contributed by atoms with E-state index in [1.165, 1.54) is 0 Å². The highest BCUT2D eigenvalue weighted by Gasteiger charge is 2.09. The summed E-state index contributed by atoms with van der Waals surface area (Å²) in [5.74, 6) is 2.10. The molecular weight excluding hydrogens is 230 g/mol. The van der Waals surface area contributed by atoms with Gasteiger partial charge >= 0.3 is 0 Å². The molecule has 1 rings (SSSR count). The smallest absolute Gasteiger partial charge is 0.144 e. The number of hydrogen-bond donors (Lipinski definition) is 1. The first-order chi connectivity index (χ1) is 6.06. The van der Waals surface area contributed by atoms with Gasteiger partial charge in [-0.1, -0.05) is 13.8 Å². The largest absolute Gasteiger partial charge is 0.372 e. The van der Waals surface area contributed by atoms with Crippen LogP contribution in [-0.4, -0.2) is 17.0 Å². The second-order valence-electron chi connectivity index (χ2n) is 3.23. The molecule has 0 aliphatic heterocycles. The van der Waals surface area contributed by atoms with Crippen molar-refractivity contribution < 1.29 is 0 Å². The molecule has 1 heterocycles. The van der Waals surface area contributed by atoms with Gasteiger partial charge in [-0.3, -0.25) is 0 Å². The Morgan fingerprint density at radius 2 is 1.92 bits per heavy atom. The summed E-state index contributed by atoms with van der Waals surface area (Å²) >= 11 is 3.44. The van der Waals surface area contributed by atoms with Crippen molar-refractivity contribution in [2.75, 3.05) is 12.4 Å². The normalized spacial score (nSPS) is 10.6. The van der Waals surface area contributed by atoms with Gasteiger partial charge in [-0.05, 0) is 22.9 Å². The second-order valence-corrected chi connectivity index (χ2v) is 4.03. The van der Waals surface area contributed by atoms with Gasteiger partial charge in [0.2, 0.25) is 0 Å². The van der Waals surface area contributed by atoms with E-state index in [0.717, 1.165) is 21.8 Å². The van der Waals surface area contributed by atoms with Crippen molar-refractivity contribution in [1.82, 2.24) is 9.97 Å². The lowest BCUT2D eigenvalue weighted by atomic mass is 10.2. The van der Waals surface area contributed by atoms with E-state index in [2.05, 4.69) is 45.1 Å². The minimum absolute atomic E-state index is 0.360. The summed E-state index contributed by atoms with van der Waals surface area (Å²) in [5.41, 5.74) is 0.975. The molecule has 0 aromatic carbocycles. The lowest BCUT2D eigenvalue weighted by Gasteiger charge is -2.10. The van der Waals surface area contributed by atoms with Gasteiger partial charge in [0, 0.05) is 13.0 Å². The molecule has 0 unspecified atom stereocenters. The number of nitrogens with zero attached hydrogens (tertiary/aromatic N) is 2. The Kier molecular flexibility index (Phi) is 3.25. The molecular formula is C9H14BrN3. The zero-order chi connectivity index (χ0) is 10.0. The van der Waals surface area contributed by atoms with Crippen molar-refractivity contribution in [1.29, 1.82) is 0 Å². The van der Waals surface area contributed by atoms with Crippen molar-refractivity contribution in [3.05, 3.63) is 16.0 Å². The van der Waals surface area contributed by atoms with Crippen LogP contribution in [0.4, 0.5) is 5.82 Å². The highest BCUT2D eigenvalue weighted by molar-refractivity contribution is 9.10. The Morgan fingerprint density at radius 1 is 1.31 bits per heavy atom. The minimum atomic E-state index is 0.360. The van der Waals surface area contributed by atoms with Crippen molar-refractivity contribution in [2.45, 2.75) is 26.7 Å². The van der Waals surface area contributed by atoms with Crippen molar-refractivity contribution in [3.63, 3.8) is 0 Å². The van der Waals surface area contributed by atoms with Crippen LogP contribution < -0.4 is 5.32 Å². The average molecular weight is 244 g/mol. The topological polar surface area (TPSA) is 37.8 Å². The van der Waals surface area contributed by atoms with Crippen molar-refractivity contribution >= 4 is 21.7 Å². The summed E-state index contributed by atoms with van der Waals surface area (Å²) in [6.07, 6.45) is 0. The first-order valence-corrected chi connectivity index (χ1v) is 5.07. The zero-order valence-electron chi connectivity index (χ0n) is 8.35. The number of halogens is 1. The predicted octanol–water partition coefficient (Wildman–Crippen LogP) is 2.71. The van der Waals surface area contributed by atoms with E-state index in [1.54, 1.807) is 0 Å². The molecule has 1 N–H and O–H groups in total. The first-order valence-electron chi connectivity index (χ1n) is 4.28. The molecule has 3 nitrogen and oxygen atoms in total. The van der Waals surface area contributed by atoms with Gasteiger partial charge < -0.3 is 5.32 Å². The summed E-state index contributed by atoms with van der Waals surface area (Å²) in [5, 5.41) is 3.03. The highest BCUT2D eigenvalue weighted by atomic mass is 79.9. The van der Waals surface area contributed by atoms with Crippen LogP contribution in [0.5, 0.6) is 0 Å². The third kappa shape index (κ3) is 2.18. The van der Waals surface area contributed by atoms with Crippen LogP contribution in [0.15, 0.2) is 4.47 Å². The van der Waals surface area contributed by atoms with E-state index >= 15 is 0 Å². The van der Waals surface area contributed by atoms with Crippen LogP contribution in [-0.2, 0) is 0 Å². The third-order valence-electron chi connectivity index (χ3n) is 1.79. The van der Waals surface area contributed by atoms with E-state index in [0.29, 0.717) is 5.92 Å². The van der Waals surface area contributed by atoms with Gasteiger partial charge in [0.15, 0.2) is 0 Å². The Balaban J connectivity index is 3.22. The fourth-order valence-electron chi connectivity index (χ4n) is 1.00. The molecule has 0 saturated carbocycles. The number of aromatic nitrogens is 2. The first kappa shape index (κ1) is 10.4. The highest BCUT2D eigenvalue weighted by Crippen LogP contribution is 2.24. The Morgan fingerprint density at radius 3 is 2.38 bits per heavy atom. The summed E-state index contributed by atoms with van der Waals surface area (Å²) < 4.78 is 0.944. The molecule has 72 valence electrons. The van der Waals surface area contributed by atoms with Crippen LogP contribution >= 0.6 is 15.9 Å². The standard InChI is InChI=1S/C9H14BrN3/c1-5(2)8-12-6(3)7(10)9(11-4)13-8/h5H,1-4H3,(H,11,12,13). The van der Waals surface area contributed by atoms with E-state index in [9.17, 15) is 0 Å². The van der Waals surface area contributed by atoms with Crippen LogP contribution in [0.1, 0.15) is 31.3 Å². The number of hydrogen-bond acceptors (Lipinski definition) is 3. The number of anilines is 1. The SMILES string of the molecule is CNc1nc(C(C)C)nc(C)c1Br. The lowest BCUT2D eigenvalue weighted by molar-refractivity contribution is 0.766. The van der Waals surface area contributed by atoms with E-state index in [4.69, 9.17) is 0 Å². The molecule has 1 aromatic heterocycles. The Bertz CT molecular complexity index is 310. The van der Waals surface area contributed by atoms with E-state index in [-0.39, 0.29) is 0 Å². The summed E-state index contributed by atoms with van der Waals surface area (Å²) in [6.45, 7) is 6.14. The van der Waals surface area contributed by atoms with Crippen LogP contribution in [0, 0.1) is 6.92 Å². The molecule has 0 fully saturated rings. The molecule has 4 heteroatoms. The Labute approximate surface area is 87.1 Å². The third-order valence-corrected chi connectivity index (χ3v) is 2.74. The van der Waals surface area contributed by atoms with Crippen molar-refractivity contribution in [3.8, 4) is 0 Å². The van der Waals surface area contributed by atoms with Gasteiger partial charge in [-0.15, -0.1) is 0 Å². The number of aryl methyl sites for hydroxylation is 1. The quantitative estimate of drug-likeness (QED) is 0.869. The van der Waals surface area contributed by atoms with Gasteiger partial charge in [0.25, 0.3) is 0 Å². The fraction of sp³-hybridized carbons (Fsp3) is 0.556. The van der Waals surface area contributed by atoms with Gasteiger partial charge in [0.05, 0.1) is 10.2 Å². The number of rotatable bonds is 2.